The Balaban J connectivity index is 0.972. The van der Waals surface area contributed by atoms with Gasteiger partial charge in [-0.2, -0.15) is 0 Å². The smallest absolute Gasteiger partial charge is 0.316 e. The molecule has 0 spiro atoms. The highest BCUT2D eigenvalue weighted by Gasteiger charge is 2.80. The number of ketones is 3. The normalized spacial score (nSPS) is 44.0. The minimum absolute atomic E-state index is 0.0187. The predicted molar refractivity (Wildman–Crippen MR) is 292 cm³/mol. The van der Waals surface area contributed by atoms with E-state index in [4.69, 9.17) is 37.9 Å². The van der Waals surface area contributed by atoms with E-state index in [1.807, 2.05) is 6.92 Å². The molecule has 21 atom stereocenters. The molecule has 5 N–H and O–H groups in total. The number of ether oxygens (including phenoxy) is 8. The van der Waals surface area contributed by atoms with Crippen molar-refractivity contribution in [2.45, 2.75) is 223 Å². The maximum atomic E-state index is 17.9. The molecular weight excluding hydrogens is 1090 g/mol. The molecule has 3 saturated heterocycles. The summed E-state index contributed by atoms with van der Waals surface area (Å²) in [6.45, 7) is 15.7. The van der Waals surface area contributed by atoms with Crippen LogP contribution in [-0.4, -0.2) is 213 Å². The first-order chi connectivity index (χ1) is 38.4. The van der Waals surface area contributed by atoms with E-state index in [2.05, 4.69) is 0 Å². The number of carbonyl (C=O) groups excluding carboxylic acids is 7. The van der Waals surface area contributed by atoms with Crippen LogP contribution in [0.4, 0.5) is 4.39 Å². The molecule has 23 heteroatoms. The fourth-order valence-corrected chi connectivity index (χ4v) is 15.3. The fourth-order valence-electron chi connectivity index (χ4n) is 15.3. The summed E-state index contributed by atoms with van der Waals surface area (Å²) in [5.41, 5.74) is -9.66. The molecule has 0 unspecified atom stereocenters. The van der Waals surface area contributed by atoms with Crippen LogP contribution in [0.3, 0.4) is 0 Å². The van der Waals surface area contributed by atoms with Gasteiger partial charge in [-0.15, -0.1) is 0 Å². The van der Waals surface area contributed by atoms with E-state index in [0.29, 0.717) is 24.8 Å². The molecule has 0 amide bonds. The number of carbonyl (C=O) groups is 7. The topological polar surface area (TPSA) is 301 Å². The summed E-state index contributed by atoms with van der Waals surface area (Å²) in [5.74, 6) is -10.9. The first-order valence-electron chi connectivity index (χ1n) is 29.3. The van der Waals surface area contributed by atoms with E-state index in [9.17, 15) is 59.1 Å². The molecule has 0 aromatic carbocycles. The molecule has 7 rings (SSSR count). The van der Waals surface area contributed by atoms with Gasteiger partial charge in [-0.25, -0.2) is 4.39 Å². The fraction of sp³-hybridized carbons (Fsp3) is 0.817. The number of alkyl halides is 1. The van der Waals surface area contributed by atoms with Crippen LogP contribution in [0.5, 0.6) is 0 Å². The Bertz CT molecular complexity index is 2540. The van der Waals surface area contributed by atoms with Gasteiger partial charge in [-0.1, -0.05) is 32.4 Å². The largest absolute Gasteiger partial charge is 0.465 e. The van der Waals surface area contributed by atoms with Crippen molar-refractivity contribution in [2.75, 3.05) is 47.5 Å². The maximum Gasteiger partial charge on any atom is 0.316 e. The maximum absolute atomic E-state index is 17.9. The van der Waals surface area contributed by atoms with Gasteiger partial charge >= 0.3 is 23.9 Å². The average molecular weight is 1180 g/mol. The van der Waals surface area contributed by atoms with Gasteiger partial charge in [0, 0.05) is 35.3 Å². The Morgan fingerprint density at radius 2 is 1.53 bits per heavy atom. The Morgan fingerprint density at radius 3 is 2.17 bits per heavy atom. The minimum atomic E-state index is -2.17. The molecule has 0 bridgehead atoms. The van der Waals surface area contributed by atoms with Crippen LogP contribution in [0.25, 0.3) is 0 Å². The SMILES string of the molecule is C[C@H]1CN(C)[C@H](C)[C@@H](O)[C@](C)(O)[C@@H](CO)OC(=O)[C@H](C)C(=O)[C@H](C)[C@@H](O[C@@H]2O[C@H](C)C[C@H](N(C)C)[C@H]2OC(=O)CCOC(=O)CCC(=O)OCC(=O)[C@@]23OC(C)(C)O[C@H]2C[C@H]2[C@@H]4CCC5=CC(=O)C=C[C@]5(C)[C@@]4(F)[C@@H](O)C[C@@]23C)[C@](C)(O)C1. The second-order valence-corrected chi connectivity index (χ2v) is 26.5. The third-order valence-corrected chi connectivity index (χ3v) is 19.8. The second-order valence-electron chi connectivity index (χ2n) is 26.5. The number of rotatable bonds is 14. The standard InChI is InChI=1S/C60H91FN2O20/c1-31-26-57(10,74)51(33(3)48(71)34(4)52(73)79-44(29-64)58(11,75)50(72)35(5)63(14)28-31)81-53-49(40(62(12)13)23-32(2)78-53)80-47(70)20-22-76-45(68)17-18-46(69)77-30-42(67)60-43(82-54(6,7)83-60)25-39-38-16-15-36-24-37(65)19-21-55(36,8)59(38,61)41(66)27-56(39,60)9/h19,21,24,31-35,38-41,43-44,49-51,53,64,66,72,74-75H,15-18,20,22-23,25-30H2,1-14H3/t31-,32-,33+,34-,35-,38+,39+,40+,41+,43+,44-,49-,50-,51-,53+,55+,56+,57-,58-,59+,60-/m1/s1. The third-order valence-electron chi connectivity index (χ3n) is 19.8. The van der Waals surface area contributed by atoms with Crippen molar-refractivity contribution in [3.8, 4) is 0 Å². The quantitative estimate of drug-likeness (QED) is 0.0949. The number of aliphatic hydroxyl groups excluding tert-OH is 3. The number of esters is 4. The van der Waals surface area contributed by atoms with Crippen molar-refractivity contribution in [1.29, 1.82) is 0 Å². The number of aliphatic hydroxyl groups is 5. The molecule has 0 aromatic rings. The van der Waals surface area contributed by atoms with E-state index >= 15 is 4.39 Å². The molecule has 6 fully saturated rings. The van der Waals surface area contributed by atoms with Gasteiger partial charge in [0.05, 0.1) is 61.9 Å². The van der Waals surface area contributed by atoms with Crippen LogP contribution in [-0.2, 0) is 71.5 Å². The molecule has 4 aliphatic carbocycles. The van der Waals surface area contributed by atoms with Crippen LogP contribution in [0, 0.1) is 40.4 Å². The molecule has 3 heterocycles. The van der Waals surface area contributed by atoms with Gasteiger partial charge in [0.15, 0.2) is 53.7 Å². The summed E-state index contributed by atoms with van der Waals surface area (Å²) in [6, 6.07) is -1.28. The van der Waals surface area contributed by atoms with Gasteiger partial charge in [-0.3, -0.25) is 33.6 Å². The lowest BCUT2D eigenvalue weighted by Crippen LogP contribution is -2.70. The number of hydrogen-bond donors (Lipinski definition) is 5. The number of hydrogen-bond acceptors (Lipinski definition) is 22. The molecular formula is C60H91FN2O20. The minimum Gasteiger partial charge on any atom is -0.465 e. The molecule has 22 nitrogen and oxygen atoms in total. The number of likely N-dealkylation sites (N-methyl/N-ethyl adjacent to an activating group) is 2. The lowest BCUT2D eigenvalue weighted by atomic mass is 9.44. The van der Waals surface area contributed by atoms with Crippen molar-refractivity contribution < 1.29 is 101 Å². The number of Topliss-reactive ketones (excluding diaryl/α,β-unsaturated/α-hetero) is 2. The van der Waals surface area contributed by atoms with Crippen molar-refractivity contribution in [3.05, 3.63) is 23.8 Å². The van der Waals surface area contributed by atoms with Crippen LogP contribution >= 0.6 is 0 Å². The van der Waals surface area contributed by atoms with E-state index in [1.54, 1.807) is 78.6 Å². The molecule has 7 aliphatic rings. The molecule has 83 heavy (non-hydrogen) atoms. The van der Waals surface area contributed by atoms with Gasteiger partial charge in [0.25, 0.3) is 0 Å². The molecule has 3 aliphatic heterocycles. The Kier molecular flexibility index (Phi) is 19.6. The molecule has 3 saturated carbocycles. The van der Waals surface area contributed by atoms with E-state index in [1.165, 1.54) is 39.8 Å². The van der Waals surface area contributed by atoms with Gasteiger partial charge < -0.3 is 73.2 Å². The number of nitrogens with zero attached hydrogens (tertiary/aromatic N) is 2. The van der Waals surface area contributed by atoms with E-state index in [0.717, 1.165) is 0 Å². The molecule has 468 valence electrons. The van der Waals surface area contributed by atoms with Crippen LogP contribution < -0.4 is 0 Å². The molecule has 0 radical (unpaired) electrons. The Labute approximate surface area is 486 Å². The highest BCUT2D eigenvalue weighted by molar-refractivity contribution is 6.01. The van der Waals surface area contributed by atoms with E-state index < -0.39 is 198 Å². The highest BCUT2D eigenvalue weighted by Crippen LogP contribution is 2.72. The summed E-state index contributed by atoms with van der Waals surface area (Å²) in [4.78, 5) is 98.2. The Hall–Kier alpha value is -4.14. The van der Waals surface area contributed by atoms with Gasteiger partial charge in [-0.05, 0) is 139 Å². The van der Waals surface area contributed by atoms with Gasteiger partial charge in [0.2, 0.25) is 5.78 Å². The number of allylic oxidation sites excluding steroid dienone is 4. The first kappa shape index (κ1) is 66.4. The first-order valence-corrected chi connectivity index (χ1v) is 29.3. The number of halogens is 1. The third kappa shape index (κ3) is 12.4. The highest BCUT2D eigenvalue weighted by atomic mass is 19.1. The summed E-state index contributed by atoms with van der Waals surface area (Å²) in [6.07, 6.45) is -5.97. The van der Waals surface area contributed by atoms with Gasteiger partial charge in [0.1, 0.15) is 24.2 Å². The van der Waals surface area contributed by atoms with Crippen molar-refractivity contribution in [3.63, 3.8) is 0 Å². The lowest BCUT2D eigenvalue weighted by molar-refractivity contribution is -0.296. The zero-order valence-electron chi connectivity index (χ0n) is 50.7. The molecule has 0 aromatic heterocycles. The average Bonchev–Trinajstić information content (AvgIpc) is 1.71. The summed E-state index contributed by atoms with van der Waals surface area (Å²) in [5, 5.41) is 57.3. The van der Waals surface area contributed by atoms with Crippen LogP contribution in [0.15, 0.2) is 23.8 Å². The second kappa shape index (κ2) is 24.6. The number of cyclic esters (lactones) is 1. The summed E-state index contributed by atoms with van der Waals surface area (Å²) >= 11 is 0. The summed E-state index contributed by atoms with van der Waals surface area (Å²) in [7, 11) is 5.22. The van der Waals surface area contributed by atoms with Crippen LogP contribution in [0.1, 0.15) is 134 Å². The van der Waals surface area contributed by atoms with Crippen molar-refractivity contribution >= 4 is 41.2 Å². The number of fused-ring (bicyclic) bond motifs is 7. The lowest BCUT2D eigenvalue weighted by Gasteiger charge is -2.62. The van der Waals surface area contributed by atoms with Crippen LogP contribution in [0.2, 0.25) is 0 Å². The zero-order chi connectivity index (χ0) is 61.9. The van der Waals surface area contributed by atoms with Crippen molar-refractivity contribution in [1.82, 2.24) is 9.80 Å². The predicted octanol–water partition coefficient (Wildman–Crippen LogP) is 3.01. The summed E-state index contributed by atoms with van der Waals surface area (Å²) < 4.78 is 66.0. The zero-order valence-corrected chi connectivity index (χ0v) is 50.7. The Morgan fingerprint density at radius 1 is 0.880 bits per heavy atom. The van der Waals surface area contributed by atoms with Crippen molar-refractivity contribution in [2.24, 2.45) is 40.4 Å². The van der Waals surface area contributed by atoms with E-state index in [-0.39, 0.29) is 37.5 Å². The monoisotopic (exact) mass is 1180 g/mol.